The number of hydrogen-bond donors (Lipinski definition) is 1. The van der Waals surface area contributed by atoms with Gasteiger partial charge in [0.2, 0.25) is 5.91 Å². The van der Waals surface area contributed by atoms with Crippen molar-refractivity contribution in [1.82, 2.24) is 14.9 Å². The molecule has 134 valence electrons. The Kier molecular flexibility index (Phi) is 4.71. The summed E-state index contributed by atoms with van der Waals surface area (Å²) in [7, 11) is 0. The first-order chi connectivity index (χ1) is 13.2. The summed E-state index contributed by atoms with van der Waals surface area (Å²) in [4.78, 5) is 16.6. The highest BCUT2D eigenvalue weighted by Crippen LogP contribution is 2.20. The summed E-state index contributed by atoms with van der Waals surface area (Å²) < 4.78 is 1.95. The summed E-state index contributed by atoms with van der Waals surface area (Å²) >= 11 is 0. The minimum atomic E-state index is -0.0516. The number of carbonyl (C=O) groups excluding carboxylic acids is 1. The Hall–Kier alpha value is -3.40. The van der Waals surface area contributed by atoms with Crippen molar-refractivity contribution in [2.45, 2.75) is 19.4 Å². The maximum atomic E-state index is 12.6. The minimum Gasteiger partial charge on any atom is -0.349 e. The maximum absolute atomic E-state index is 12.6. The highest BCUT2D eigenvalue weighted by molar-refractivity contribution is 5.90. The molecule has 0 radical (unpaired) electrons. The van der Waals surface area contributed by atoms with Crippen LogP contribution in [0.1, 0.15) is 24.1 Å². The zero-order valence-electron chi connectivity index (χ0n) is 15.2. The molecule has 0 saturated heterocycles. The van der Waals surface area contributed by atoms with Crippen LogP contribution < -0.4 is 5.32 Å². The molecule has 1 atom stereocenters. The van der Waals surface area contributed by atoms with Crippen LogP contribution in [0.3, 0.4) is 0 Å². The highest BCUT2D eigenvalue weighted by Gasteiger charge is 2.12. The second kappa shape index (κ2) is 7.46. The molecule has 0 spiro atoms. The van der Waals surface area contributed by atoms with Crippen LogP contribution in [-0.2, 0) is 11.2 Å². The van der Waals surface area contributed by atoms with Gasteiger partial charge in [-0.2, -0.15) is 0 Å². The third-order valence-electron chi connectivity index (χ3n) is 4.80. The van der Waals surface area contributed by atoms with E-state index in [1.54, 1.807) is 12.5 Å². The summed E-state index contributed by atoms with van der Waals surface area (Å²) in [5.41, 5.74) is 3.17. The van der Waals surface area contributed by atoms with Crippen molar-refractivity contribution in [2.75, 3.05) is 0 Å². The van der Waals surface area contributed by atoms with Crippen molar-refractivity contribution in [1.29, 1.82) is 0 Å². The Labute approximate surface area is 158 Å². The summed E-state index contributed by atoms with van der Waals surface area (Å²) in [6.07, 6.45) is 5.80. The first kappa shape index (κ1) is 17.0. The standard InChI is InChI=1S/C23H21N3O/c1-17(18-9-11-21(12-10-18)26-14-13-24-16-26)25-23(27)15-20-7-4-6-19-5-2-3-8-22(19)20/h2-14,16-17H,15H2,1H3,(H,25,27)/t17-/m0/s1. The molecule has 4 rings (SSSR count). The lowest BCUT2D eigenvalue weighted by Gasteiger charge is -2.15. The fourth-order valence-corrected chi connectivity index (χ4v) is 3.34. The molecular weight excluding hydrogens is 334 g/mol. The van der Waals surface area contributed by atoms with Crippen LogP contribution in [0.2, 0.25) is 0 Å². The number of nitrogens with zero attached hydrogens (tertiary/aromatic N) is 2. The van der Waals surface area contributed by atoms with E-state index in [2.05, 4.69) is 28.5 Å². The van der Waals surface area contributed by atoms with Crippen LogP contribution in [-0.4, -0.2) is 15.5 Å². The molecule has 27 heavy (non-hydrogen) atoms. The molecule has 0 aliphatic rings. The van der Waals surface area contributed by atoms with Crippen LogP contribution in [0, 0.1) is 0 Å². The number of benzene rings is 3. The number of fused-ring (bicyclic) bond motifs is 1. The van der Waals surface area contributed by atoms with Crippen LogP contribution in [0.25, 0.3) is 16.5 Å². The van der Waals surface area contributed by atoms with Crippen molar-refractivity contribution in [2.24, 2.45) is 0 Å². The summed E-state index contributed by atoms with van der Waals surface area (Å²) in [6, 6.07) is 22.3. The molecule has 1 N–H and O–H groups in total. The van der Waals surface area contributed by atoms with Gasteiger partial charge in [0, 0.05) is 18.1 Å². The molecule has 0 saturated carbocycles. The van der Waals surface area contributed by atoms with Gasteiger partial charge in [0.25, 0.3) is 0 Å². The van der Waals surface area contributed by atoms with E-state index in [-0.39, 0.29) is 11.9 Å². The Morgan fingerprint density at radius 3 is 2.59 bits per heavy atom. The SMILES string of the molecule is C[C@H](NC(=O)Cc1cccc2ccccc12)c1ccc(-n2ccnc2)cc1. The lowest BCUT2D eigenvalue weighted by atomic mass is 10.0. The molecule has 1 aromatic heterocycles. The largest absolute Gasteiger partial charge is 0.349 e. The molecule has 1 amide bonds. The number of amides is 1. The maximum Gasteiger partial charge on any atom is 0.224 e. The number of aromatic nitrogens is 2. The monoisotopic (exact) mass is 355 g/mol. The van der Waals surface area contributed by atoms with Crippen molar-refractivity contribution in [3.05, 3.63) is 96.6 Å². The lowest BCUT2D eigenvalue weighted by molar-refractivity contribution is -0.121. The van der Waals surface area contributed by atoms with Gasteiger partial charge in [0.15, 0.2) is 0 Å². The third-order valence-corrected chi connectivity index (χ3v) is 4.80. The zero-order chi connectivity index (χ0) is 18.6. The van der Waals surface area contributed by atoms with Gasteiger partial charge in [0.1, 0.15) is 0 Å². The summed E-state index contributed by atoms with van der Waals surface area (Å²) in [5, 5.41) is 5.40. The van der Waals surface area contributed by atoms with Crippen molar-refractivity contribution < 1.29 is 4.79 Å². The molecule has 1 heterocycles. The minimum absolute atomic E-state index is 0.0255. The van der Waals surface area contributed by atoms with Gasteiger partial charge in [-0.05, 0) is 41.0 Å². The second-order valence-electron chi connectivity index (χ2n) is 6.67. The van der Waals surface area contributed by atoms with Gasteiger partial charge in [0.05, 0.1) is 18.8 Å². The topological polar surface area (TPSA) is 46.9 Å². The molecule has 4 aromatic rings. The number of rotatable bonds is 5. The van der Waals surface area contributed by atoms with Crippen LogP contribution in [0.15, 0.2) is 85.5 Å². The average molecular weight is 355 g/mol. The van der Waals surface area contributed by atoms with E-state index in [0.29, 0.717) is 6.42 Å². The van der Waals surface area contributed by atoms with E-state index in [0.717, 1.165) is 27.6 Å². The molecule has 0 aliphatic carbocycles. The van der Waals surface area contributed by atoms with Gasteiger partial charge in [-0.3, -0.25) is 4.79 Å². The quantitative estimate of drug-likeness (QED) is 0.575. The highest BCUT2D eigenvalue weighted by atomic mass is 16.1. The van der Waals surface area contributed by atoms with E-state index < -0.39 is 0 Å². The van der Waals surface area contributed by atoms with Gasteiger partial charge < -0.3 is 9.88 Å². The molecule has 0 bridgehead atoms. The predicted molar refractivity (Wildman–Crippen MR) is 108 cm³/mol. The molecule has 3 aromatic carbocycles. The van der Waals surface area contributed by atoms with Crippen molar-refractivity contribution >= 4 is 16.7 Å². The number of nitrogens with one attached hydrogen (secondary N) is 1. The lowest BCUT2D eigenvalue weighted by Crippen LogP contribution is -2.28. The van der Waals surface area contributed by atoms with E-state index in [9.17, 15) is 4.79 Å². The van der Waals surface area contributed by atoms with Gasteiger partial charge in [-0.25, -0.2) is 4.98 Å². The predicted octanol–water partition coefficient (Wildman–Crippen LogP) is 4.45. The Morgan fingerprint density at radius 2 is 1.81 bits per heavy atom. The van der Waals surface area contributed by atoms with E-state index in [4.69, 9.17) is 0 Å². The first-order valence-electron chi connectivity index (χ1n) is 9.05. The second-order valence-corrected chi connectivity index (χ2v) is 6.67. The molecular formula is C23H21N3O. The Bertz CT molecular complexity index is 1050. The fraction of sp³-hybridized carbons (Fsp3) is 0.130. The van der Waals surface area contributed by atoms with Crippen LogP contribution >= 0.6 is 0 Å². The Morgan fingerprint density at radius 1 is 1.04 bits per heavy atom. The first-order valence-corrected chi connectivity index (χ1v) is 9.05. The molecule has 0 fully saturated rings. The Balaban J connectivity index is 1.44. The zero-order valence-corrected chi connectivity index (χ0v) is 15.2. The van der Waals surface area contributed by atoms with Crippen LogP contribution in [0.5, 0.6) is 0 Å². The summed E-state index contributed by atoms with van der Waals surface area (Å²) in [6.45, 7) is 2.01. The smallest absolute Gasteiger partial charge is 0.224 e. The average Bonchev–Trinajstić information content (AvgIpc) is 3.23. The van der Waals surface area contributed by atoms with Gasteiger partial charge >= 0.3 is 0 Å². The van der Waals surface area contributed by atoms with Crippen LogP contribution in [0.4, 0.5) is 0 Å². The molecule has 4 heteroatoms. The number of hydrogen-bond acceptors (Lipinski definition) is 2. The van der Waals surface area contributed by atoms with Crippen molar-refractivity contribution in [3.63, 3.8) is 0 Å². The van der Waals surface area contributed by atoms with E-state index >= 15 is 0 Å². The molecule has 4 nitrogen and oxygen atoms in total. The number of imidazole rings is 1. The van der Waals surface area contributed by atoms with E-state index in [1.165, 1.54) is 0 Å². The van der Waals surface area contributed by atoms with Gasteiger partial charge in [-0.15, -0.1) is 0 Å². The summed E-state index contributed by atoms with van der Waals surface area (Å²) in [5.74, 6) is 0.0255. The van der Waals surface area contributed by atoms with E-state index in [1.807, 2.05) is 66.2 Å². The van der Waals surface area contributed by atoms with Gasteiger partial charge in [-0.1, -0.05) is 54.6 Å². The third kappa shape index (κ3) is 3.75. The normalized spacial score (nSPS) is 12.0. The fourth-order valence-electron chi connectivity index (χ4n) is 3.34. The number of carbonyl (C=O) groups is 1. The van der Waals surface area contributed by atoms with Crippen molar-refractivity contribution in [3.8, 4) is 5.69 Å². The molecule has 0 aliphatic heterocycles. The molecule has 0 unspecified atom stereocenters.